The predicted octanol–water partition coefficient (Wildman–Crippen LogP) is 2.99. The summed E-state index contributed by atoms with van der Waals surface area (Å²) >= 11 is 0. The van der Waals surface area contributed by atoms with Crippen molar-refractivity contribution in [2.24, 2.45) is 0 Å². The minimum Gasteiger partial charge on any atom is -0.368 e. The largest absolute Gasteiger partial charge is 0.368 e. The lowest BCUT2D eigenvalue weighted by Crippen LogP contribution is -2.55. The van der Waals surface area contributed by atoms with E-state index in [0.29, 0.717) is 37.3 Å². The van der Waals surface area contributed by atoms with Crippen molar-refractivity contribution in [3.8, 4) is 11.3 Å². The number of aromatic nitrogens is 1. The van der Waals surface area contributed by atoms with Crippen LogP contribution in [0.5, 0.6) is 0 Å². The second-order valence-electron chi connectivity index (χ2n) is 9.02. The van der Waals surface area contributed by atoms with Crippen LogP contribution in [0.2, 0.25) is 0 Å². The number of hydrogen-bond acceptors (Lipinski definition) is 4. The number of urea groups is 1. The Labute approximate surface area is 192 Å². The topological polar surface area (TPSA) is 74.8 Å². The molecule has 2 aromatic rings. The fourth-order valence-corrected chi connectivity index (χ4v) is 4.88. The number of nitrogens with zero attached hydrogens (tertiary/aromatic N) is 3. The first-order chi connectivity index (χ1) is 16.1. The molecule has 1 N–H and O–H groups in total. The molecule has 0 spiro atoms. The molecule has 0 bridgehead atoms. The maximum Gasteiger partial charge on any atom is 0.320 e. The summed E-state index contributed by atoms with van der Waals surface area (Å²) in [6, 6.07) is 11.7. The second kappa shape index (κ2) is 9.47. The van der Waals surface area contributed by atoms with Crippen molar-refractivity contribution in [1.82, 2.24) is 20.1 Å². The van der Waals surface area contributed by atoms with Crippen LogP contribution in [0, 0.1) is 5.82 Å². The lowest BCUT2D eigenvalue weighted by atomic mass is 10.0. The smallest absolute Gasteiger partial charge is 0.320 e. The lowest BCUT2D eigenvalue weighted by Gasteiger charge is -2.37. The van der Waals surface area contributed by atoms with Crippen molar-refractivity contribution in [3.63, 3.8) is 0 Å². The number of likely N-dealkylation sites (tertiary alicyclic amines) is 2. The van der Waals surface area contributed by atoms with Gasteiger partial charge < -0.3 is 19.9 Å². The summed E-state index contributed by atoms with van der Waals surface area (Å²) in [4.78, 5) is 34.3. The summed E-state index contributed by atoms with van der Waals surface area (Å²) in [5.74, 6) is -0.402. The molecule has 33 heavy (non-hydrogen) atoms. The van der Waals surface area contributed by atoms with Gasteiger partial charge in [-0.15, -0.1) is 0 Å². The van der Waals surface area contributed by atoms with E-state index in [0.717, 1.165) is 38.0 Å². The molecule has 0 radical (unpaired) electrons. The molecule has 3 saturated heterocycles. The van der Waals surface area contributed by atoms with Gasteiger partial charge in [0.2, 0.25) is 5.91 Å². The molecule has 3 atom stereocenters. The van der Waals surface area contributed by atoms with Crippen molar-refractivity contribution in [2.45, 2.75) is 50.3 Å². The van der Waals surface area contributed by atoms with Gasteiger partial charge in [0.1, 0.15) is 11.9 Å². The fourth-order valence-electron chi connectivity index (χ4n) is 4.88. The van der Waals surface area contributed by atoms with E-state index in [2.05, 4.69) is 5.32 Å². The Morgan fingerprint density at radius 2 is 1.94 bits per heavy atom. The summed E-state index contributed by atoms with van der Waals surface area (Å²) < 4.78 is 19.3. The number of carbonyl (C=O) groups is 2. The number of halogens is 1. The molecule has 174 valence electrons. The van der Waals surface area contributed by atoms with Crippen LogP contribution in [0.3, 0.4) is 0 Å². The molecule has 8 heteroatoms. The highest BCUT2D eigenvalue weighted by atomic mass is 19.1. The average Bonchev–Trinajstić information content (AvgIpc) is 3.44. The average molecular weight is 453 g/mol. The van der Waals surface area contributed by atoms with Gasteiger partial charge in [-0.25, -0.2) is 9.18 Å². The highest BCUT2D eigenvalue weighted by Gasteiger charge is 2.41. The lowest BCUT2D eigenvalue weighted by molar-refractivity contribution is -0.130. The van der Waals surface area contributed by atoms with Gasteiger partial charge in [-0.2, -0.15) is 0 Å². The molecule has 4 heterocycles. The third-order valence-corrected chi connectivity index (χ3v) is 6.81. The molecule has 0 saturated carbocycles. The molecule has 3 aliphatic rings. The molecular formula is C25H29FN4O3. The van der Waals surface area contributed by atoms with Crippen LogP contribution >= 0.6 is 0 Å². The van der Waals surface area contributed by atoms with Gasteiger partial charge in [-0.1, -0.05) is 18.2 Å². The van der Waals surface area contributed by atoms with Crippen LogP contribution in [0.4, 0.5) is 9.18 Å². The number of carbonyl (C=O) groups excluding carboxylic acids is 2. The molecule has 7 nitrogen and oxygen atoms in total. The third-order valence-electron chi connectivity index (χ3n) is 6.81. The quantitative estimate of drug-likeness (QED) is 0.757. The predicted molar refractivity (Wildman–Crippen MR) is 121 cm³/mol. The zero-order chi connectivity index (χ0) is 22.8. The first-order valence-electron chi connectivity index (χ1n) is 11.8. The van der Waals surface area contributed by atoms with E-state index in [4.69, 9.17) is 9.72 Å². The van der Waals surface area contributed by atoms with E-state index in [9.17, 15) is 14.0 Å². The number of ether oxygens (including phenoxy) is 1. The number of rotatable bonds is 5. The Balaban J connectivity index is 1.36. The Bertz CT molecular complexity index is 1020. The van der Waals surface area contributed by atoms with Gasteiger partial charge in [0.15, 0.2) is 0 Å². The highest BCUT2D eigenvalue weighted by molar-refractivity contribution is 5.82. The van der Waals surface area contributed by atoms with Gasteiger partial charge in [0, 0.05) is 43.9 Å². The normalized spacial score (nSPS) is 24.6. The Kier molecular flexibility index (Phi) is 6.26. The molecule has 0 aliphatic carbocycles. The Morgan fingerprint density at radius 3 is 2.67 bits per heavy atom. The maximum absolute atomic E-state index is 13.7. The number of pyridine rings is 1. The summed E-state index contributed by atoms with van der Waals surface area (Å²) in [5.41, 5.74) is 2.20. The molecular weight excluding hydrogens is 423 g/mol. The van der Waals surface area contributed by atoms with E-state index in [1.54, 1.807) is 6.07 Å². The van der Waals surface area contributed by atoms with Crippen LogP contribution in [0.25, 0.3) is 11.3 Å². The van der Waals surface area contributed by atoms with Gasteiger partial charge in [0.25, 0.3) is 0 Å². The van der Waals surface area contributed by atoms with Gasteiger partial charge in [-0.3, -0.25) is 9.78 Å². The van der Waals surface area contributed by atoms with E-state index >= 15 is 0 Å². The van der Waals surface area contributed by atoms with E-state index in [1.807, 2.05) is 34.1 Å². The van der Waals surface area contributed by atoms with Crippen LogP contribution in [0.1, 0.15) is 31.4 Å². The minimum absolute atomic E-state index is 0.0291. The zero-order valence-electron chi connectivity index (χ0n) is 18.6. The molecule has 0 unspecified atom stereocenters. The molecule has 3 fully saturated rings. The molecule has 3 amide bonds. The van der Waals surface area contributed by atoms with Gasteiger partial charge in [0.05, 0.1) is 17.8 Å². The Morgan fingerprint density at radius 1 is 1.09 bits per heavy atom. The molecule has 5 rings (SSSR count). The van der Waals surface area contributed by atoms with Crippen LogP contribution in [0.15, 0.2) is 42.5 Å². The first kappa shape index (κ1) is 21.8. The minimum atomic E-state index is -0.403. The van der Waals surface area contributed by atoms with Crippen molar-refractivity contribution in [1.29, 1.82) is 0 Å². The molecule has 3 aliphatic heterocycles. The standard InChI is InChI=1S/C25H29FN4O3/c26-18-6-1-5-17(15-18)20-8-2-7-19(27-20)16-22-21(28-24(31)23-9-3-14-33-23)10-13-30(22)25(32)29-11-4-12-29/h1-2,5-8,15,21-23H,3-4,9-14,16H2,(H,28,31)/t21-,22-,23-/m0/s1. The number of nitrogens with one attached hydrogen (secondary N) is 1. The number of benzene rings is 1. The van der Waals surface area contributed by atoms with E-state index in [1.165, 1.54) is 12.1 Å². The van der Waals surface area contributed by atoms with E-state index < -0.39 is 6.10 Å². The first-order valence-corrected chi connectivity index (χ1v) is 11.8. The van der Waals surface area contributed by atoms with Crippen molar-refractivity contribution in [2.75, 3.05) is 26.2 Å². The van der Waals surface area contributed by atoms with Crippen LogP contribution in [-0.4, -0.2) is 71.2 Å². The van der Waals surface area contributed by atoms with Gasteiger partial charge in [-0.05, 0) is 49.9 Å². The third kappa shape index (κ3) is 4.71. The van der Waals surface area contributed by atoms with Crippen LogP contribution < -0.4 is 5.32 Å². The Hall–Kier alpha value is -3.00. The van der Waals surface area contributed by atoms with Crippen molar-refractivity contribution >= 4 is 11.9 Å². The highest BCUT2D eigenvalue weighted by Crippen LogP contribution is 2.26. The molecule has 1 aromatic heterocycles. The fraction of sp³-hybridized carbons (Fsp3) is 0.480. The summed E-state index contributed by atoms with van der Waals surface area (Å²) in [6.07, 6.45) is 3.46. The van der Waals surface area contributed by atoms with Crippen molar-refractivity contribution in [3.05, 3.63) is 54.0 Å². The number of hydrogen-bond donors (Lipinski definition) is 1. The summed E-state index contributed by atoms with van der Waals surface area (Å²) in [5, 5.41) is 3.15. The second-order valence-corrected chi connectivity index (χ2v) is 9.02. The van der Waals surface area contributed by atoms with E-state index in [-0.39, 0.29) is 29.8 Å². The molecule has 1 aromatic carbocycles. The monoisotopic (exact) mass is 452 g/mol. The SMILES string of the molecule is O=C(N[C@H]1CCN(C(=O)N2CCC2)[C@H]1Cc1cccc(-c2cccc(F)c2)n1)[C@@H]1CCCO1. The van der Waals surface area contributed by atoms with Crippen LogP contribution in [-0.2, 0) is 16.0 Å². The zero-order valence-corrected chi connectivity index (χ0v) is 18.6. The number of amides is 3. The summed E-state index contributed by atoms with van der Waals surface area (Å²) in [6.45, 7) is 2.77. The van der Waals surface area contributed by atoms with Gasteiger partial charge >= 0.3 is 6.03 Å². The van der Waals surface area contributed by atoms with Crippen molar-refractivity contribution < 1.29 is 18.7 Å². The maximum atomic E-state index is 13.7. The summed E-state index contributed by atoms with van der Waals surface area (Å²) in [7, 11) is 0.